The molecule has 2 aromatic rings. The third-order valence-corrected chi connectivity index (χ3v) is 3.99. The molecule has 0 radical (unpaired) electrons. The molecule has 0 aliphatic carbocycles. The van der Waals surface area contributed by atoms with E-state index in [0.29, 0.717) is 23.0 Å². The summed E-state index contributed by atoms with van der Waals surface area (Å²) in [4.78, 5) is 12.4. The highest BCUT2D eigenvalue weighted by Gasteiger charge is 2.19. The van der Waals surface area contributed by atoms with Crippen LogP contribution in [0.3, 0.4) is 0 Å². The van der Waals surface area contributed by atoms with Crippen molar-refractivity contribution in [2.45, 2.75) is 26.0 Å². The first-order valence-electron chi connectivity index (χ1n) is 8.31. The molecule has 26 heavy (non-hydrogen) atoms. The van der Waals surface area contributed by atoms with Crippen LogP contribution in [0.1, 0.15) is 25.5 Å². The van der Waals surface area contributed by atoms with Crippen molar-refractivity contribution in [3.05, 3.63) is 48.0 Å². The number of hydrogen-bond acceptors (Lipinski definition) is 5. The van der Waals surface area contributed by atoms with Gasteiger partial charge in [-0.15, -0.1) is 0 Å². The van der Waals surface area contributed by atoms with Crippen LogP contribution >= 0.6 is 0 Å². The zero-order valence-electron chi connectivity index (χ0n) is 15.7. The summed E-state index contributed by atoms with van der Waals surface area (Å²) in [7, 11) is 4.75. The van der Waals surface area contributed by atoms with Gasteiger partial charge >= 0.3 is 0 Å². The Kier molecular flexibility index (Phi) is 6.72. The van der Waals surface area contributed by atoms with Gasteiger partial charge in [-0.2, -0.15) is 0 Å². The lowest BCUT2D eigenvalue weighted by atomic mass is 10.1. The van der Waals surface area contributed by atoms with E-state index in [1.54, 1.807) is 40.4 Å². The number of hydrogen-bond donors (Lipinski definition) is 1. The fraction of sp³-hybridized carbons (Fsp3) is 0.350. The van der Waals surface area contributed by atoms with Crippen LogP contribution < -0.4 is 24.3 Å². The van der Waals surface area contributed by atoms with Crippen molar-refractivity contribution in [3.63, 3.8) is 0 Å². The molecule has 140 valence electrons. The van der Waals surface area contributed by atoms with Crippen LogP contribution in [-0.4, -0.2) is 33.3 Å². The minimum atomic E-state index is -0.648. The van der Waals surface area contributed by atoms with Crippen LogP contribution in [0.4, 0.5) is 0 Å². The molecule has 2 atom stereocenters. The molecule has 1 N–H and O–H groups in total. The highest BCUT2D eigenvalue weighted by Crippen LogP contribution is 2.30. The molecular formula is C20H25NO5. The molecule has 0 saturated heterocycles. The largest absolute Gasteiger partial charge is 0.497 e. The van der Waals surface area contributed by atoms with Gasteiger partial charge in [-0.25, -0.2) is 0 Å². The lowest BCUT2D eigenvalue weighted by Gasteiger charge is -2.20. The third-order valence-electron chi connectivity index (χ3n) is 3.99. The van der Waals surface area contributed by atoms with Gasteiger partial charge < -0.3 is 24.3 Å². The second kappa shape index (κ2) is 8.99. The van der Waals surface area contributed by atoms with E-state index in [1.807, 2.05) is 37.3 Å². The minimum absolute atomic E-state index is 0.210. The first-order valence-corrected chi connectivity index (χ1v) is 8.31. The molecule has 2 aromatic carbocycles. The Morgan fingerprint density at radius 1 is 0.885 bits per heavy atom. The van der Waals surface area contributed by atoms with Crippen molar-refractivity contribution in [2.24, 2.45) is 0 Å². The lowest BCUT2D eigenvalue weighted by Crippen LogP contribution is -2.37. The molecule has 0 aromatic heterocycles. The molecule has 0 saturated carbocycles. The van der Waals surface area contributed by atoms with Crippen molar-refractivity contribution < 1.29 is 23.7 Å². The van der Waals surface area contributed by atoms with Crippen LogP contribution in [-0.2, 0) is 4.79 Å². The Hall–Kier alpha value is -2.89. The first-order chi connectivity index (χ1) is 12.5. The summed E-state index contributed by atoms with van der Waals surface area (Å²) in [6, 6.07) is 12.5. The molecule has 0 fully saturated rings. The number of nitrogens with one attached hydrogen (secondary N) is 1. The number of ether oxygens (including phenoxy) is 4. The van der Waals surface area contributed by atoms with Gasteiger partial charge in [0, 0.05) is 6.07 Å². The number of benzene rings is 2. The SMILES string of the molecule is COc1cccc(O[C@@H](C)C(=O)N[C@H](C)c2ccc(OC)c(OC)c2)c1. The number of amides is 1. The van der Waals surface area contributed by atoms with Gasteiger partial charge in [0.2, 0.25) is 0 Å². The van der Waals surface area contributed by atoms with E-state index in [0.717, 1.165) is 5.56 Å². The summed E-state index contributed by atoms with van der Waals surface area (Å²) < 4.78 is 21.4. The van der Waals surface area contributed by atoms with E-state index in [-0.39, 0.29) is 11.9 Å². The monoisotopic (exact) mass is 359 g/mol. The van der Waals surface area contributed by atoms with Gasteiger partial charge in [-0.3, -0.25) is 4.79 Å². The molecule has 0 bridgehead atoms. The molecule has 6 nitrogen and oxygen atoms in total. The summed E-state index contributed by atoms with van der Waals surface area (Å²) in [6.07, 6.45) is -0.648. The van der Waals surface area contributed by atoms with Crippen LogP contribution in [0, 0.1) is 0 Å². The molecule has 0 spiro atoms. The van der Waals surface area contributed by atoms with Crippen LogP contribution in [0.25, 0.3) is 0 Å². The Labute approximate surface area is 154 Å². The molecule has 6 heteroatoms. The zero-order chi connectivity index (χ0) is 19.1. The molecule has 2 rings (SSSR count). The average Bonchev–Trinajstić information content (AvgIpc) is 2.67. The van der Waals surface area contributed by atoms with E-state index >= 15 is 0 Å². The van der Waals surface area contributed by atoms with Crippen LogP contribution in [0.5, 0.6) is 23.0 Å². The third kappa shape index (κ3) is 4.81. The molecule has 0 heterocycles. The van der Waals surface area contributed by atoms with E-state index in [2.05, 4.69) is 5.32 Å². The standard InChI is InChI=1S/C20H25NO5/c1-13(15-9-10-18(24-4)19(11-15)25-5)21-20(22)14(2)26-17-8-6-7-16(12-17)23-3/h6-14H,1-5H3,(H,21,22)/t13-,14+/m1/s1. The molecule has 1 amide bonds. The number of methoxy groups -OCH3 is 3. The van der Waals surface area contributed by atoms with E-state index in [9.17, 15) is 4.79 Å². The number of carbonyl (C=O) groups is 1. The second-order valence-electron chi connectivity index (χ2n) is 5.78. The maximum absolute atomic E-state index is 12.4. The topological polar surface area (TPSA) is 66.0 Å². The summed E-state index contributed by atoms with van der Waals surface area (Å²) in [5.74, 6) is 2.30. The summed E-state index contributed by atoms with van der Waals surface area (Å²) >= 11 is 0. The van der Waals surface area contributed by atoms with E-state index in [4.69, 9.17) is 18.9 Å². The fourth-order valence-electron chi connectivity index (χ4n) is 2.47. The van der Waals surface area contributed by atoms with Crippen molar-refractivity contribution in [1.82, 2.24) is 5.32 Å². The Bertz CT molecular complexity index is 747. The highest BCUT2D eigenvalue weighted by molar-refractivity contribution is 5.81. The van der Waals surface area contributed by atoms with Gasteiger partial charge in [-0.05, 0) is 43.7 Å². The quantitative estimate of drug-likeness (QED) is 0.783. The van der Waals surface area contributed by atoms with Crippen molar-refractivity contribution in [3.8, 4) is 23.0 Å². The maximum Gasteiger partial charge on any atom is 0.261 e. The minimum Gasteiger partial charge on any atom is -0.497 e. The number of carbonyl (C=O) groups excluding carboxylic acids is 1. The van der Waals surface area contributed by atoms with E-state index < -0.39 is 6.10 Å². The van der Waals surface area contributed by atoms with Gasteiger partial charge in [0.15, 0.2) is 17.6 Å². The normalized spacial score (nSPS) is 12.7. The van der Waals surface area contributed by atoms with E-state index in [1.165, 1.54) is 0 Å². The highest BCUT2D eigenvalue weighted by atomic mass is 16.5. The molecule has 0 unspecified atom stereocenters. The predicted molar refractivity (Wildman–Crippen MR) is 99.2 cm³/mol. The molecule has 0 aliphatic heterocycles. The van der Waals surface area contributed by atoms with Gasteiger partial charge in [-0.1, -0.05) is 12.1 Å². The second-order valence-corrected chi connectivity index (χ2v) is 5.78. The smallest absolute Gasteiger partial charge is 0.261 e. The predicted octanol–water partition coefficient (Wildman–Crippen LogP) is 3.36. The molecule has 0 aliphatic rings. The van der Waals surface area contributed by atoms with Crippen LogP contribution in [0.2, 0.25) is 0 Å². The van der Waals surface area contributed by atoms with Crippen molar-refractivity contribution >= 4 is 5.91 Å². The Morgan fingerprint density at radius 2 is 1.58 bits per heavy atom. The van der Waals surface area contributed by atoms with Crippen molar-refractivity contribution in [1.29, 1.82) is 0 Å². The van der Waals surface area contributed by atoms with Gasteiger partial charge in [0.05, 0.1) is 27.4 Å². The maximum atomic E-state index is 12.4. The van der Waals surface area contributed by atoms with Gasteiger partial charge in [0.25, 0.3) is 5.91 Å². The Balaban J connectivity index is 2.01. The van der Waals surface area contributed by atoms with Gasteiger partial charge in [0.1, 0.15) is 11.5 Å². The number of rotatable bonds is 8. The Morgan fingerprint density at radius 3 is 2.23 bits per heavy atom. The summed E-state index contributed by atoms with van der Waals surface area (Å²) in [6.45, 7) is 3.60. The average molecular weight is 359 g/mol. The summed E-state index contributed by atoms with van der Waals surface area (Å²) in [5.41, 5.74) is 0.907. The molecular weight excluding hydrogens is 334 g/mol. The summed E-state index contributed by atoms with van der Waals surface area (Å²) in [5, 5.41) is 2.94. The zero-order valence-corrected chi connectivity index (χ0v) is 15.7. The first kappa shape index (κ1) is 19.4. The fourth-order valence-corrected chi connectivity index (χ4v) is 2.47. The lowest BCUT2D eigenvalue weighted by molar-refractivity contribution is -0.127. The van der Waals surface area contributed by atoms with Crippen molar-refractivity contribution in [2.75, 3.05) is 21.3 Å². The van der Waals surface area contributed by atoms with Crippen LogP contribution in [0.15, 0.2) is 42.5 Å².